The monoisotopic (exact) mass is 350 g/mol. The summed E-state index contributed by atoms with van der Waals surface area (Å²) in [4.78, 5) is -0.0248. The number of hydrogen-bond donors (Lipinski definition) is 3. The van der Waals surface area contributed by atoms with Crippen molar-refractivity contribution in [3.8, 4) is 0 Å². The van der Waals surface area contributed by atoms with E-state index in [1.165, 1.54) is 24.3 Å². The summed E-state index contributed by atoms with van der Waals surface area (Å²) in [5.41, 5.74) is 5.89. The molecule has 0 aliphatic heterocycles. The van der Waals surface area contributed by atoms with Gasteiger partial charge in [0.2, 0.25) is 5.13 Å². The first-order valence-corrected chi connectivity index (χ1v) is 9.22. The Labute approximate surface area is 124 Å². The first-order valence-electron chi connectivity index (χ1n) is 5.32. The fraction of sp³-hybridized carbons (Fsp3) is 0.111. The summed E-state index contributed by atoms with van der Waals surface area (Å²) >= 11 is 0.708. The van der Waals surface area contributed by atoms with Crippen LogP contribution in [0.15, 0.2) is 29.2 Å². The van der Waals surface area contributed by atoms with E-state index in [2.05, 4.69) is 14.9 Å². The summed E-state index contributed by atoms with van der Waals surface area (Å²) in [5, 5.41) is 6.84. The molecule has 2 rings (SSSR count). The Morgan fingerprint density at radius 2 is 1.76 bits per heavy atom. The smallest absolute Gasteiger partial charge is 0.271 e. The number of nitrogen functional groups attached to an aromatic ring is 1. The van der Waals surface area contributed by atoms with Crippen LogP contribution in [0, 0.1) is 0 Å². The fourth-order valence-electron chi connectivity index (χ4n) is 1.33. The largest absolute Gasteiger partial charge is 0.399 e. The molecule has 0 unspecified atom stereocenters. The second-order valence-electron chi connectivity index (χ2n) is 3.90. The van der Waals surface area contributed by atoms with E-state index in [0.29, 0.717) is 17.0 Å². The Balaban J connectivity index is 2.19. The van der Waals surface area contributed by atoms with Gasteiger partial charge in [-0.05, 0) is 24.3 Å². The minimum atomic E-state index is -4.25. The lowest BCUT2D eigenvalue weighted by molar-refractivity contribution is 0.482. The zero-order chi connectivity index (χ0) is 15.7. The van der Waals surface area contributed by atoms with Crippen molar-refractivity contribution in [2.45, 2.75) is 10.6 Å². The first kappa shape index (κ1) is 15.6. The molecule has 0 saturated carbocycles. The lowest BCUT2D eigenvalue weighted by atomic mass is 10.3. The molecule has 0 fully saturated rings. The number of rotatable bonds is 5. The van der Waals surface area contributed by atoms with Crippen LogP contribution in [0.4, 0.5) is 10.8 Å². The maximum Gasteiger partial charge on any atom is 0.271 e. The van der Waals surface area contributed by atoms with E-state index in [1.54, 1.807) is 0 Å². The molecule has 0 aliphatic rings. The molecule has 114 valence electrons. The number of nitrogens with zero attached hydrogens (tertiary/aromatic N) is 2. The molecule has 0 amide bonds. The molecule has 0 bridgehead atoms. The van der Waals surface area contributed by atoms with Crippen molar-refractivity contribution in [2.24, 2.45) is 0 Å². The summed E-state index contributed by atoms with van der Waals surface area (Å²) in [6.07, 6.45) is 0. The molecule has 0 radical (unpaired) electrons. The van der Waals surface area contributed by atoms with Crippen molar-refractivity contribution >= 4 is 42.3 Å². The third-order valence-corrected chi connectivity index (χ3v) is 5.33. The topological polar surface area (TPSA) is 152 Å². The van der Waals surface area contributed by atoms with Gasteiger partial charge in [-0.3, -0.25) is 9.27 Å². The van der Waals surface area contributed by atoms with Gasteiger partial charge in [-0.1, -0.05) is 11.3 Å². The van der Waals surface area contributed by atoms with Crippen LogP contribution in [0.5, 0.6) is 0 Å². The highest BCUT2D eigenvalue weighted by Gasteiger charge is 2.18. The summed E-state index contributed by atoms with van der Waals surface area (Å²) in [5.74, 6) is -0.728. The Kier molecular flexibility index (Phi) is 4.13. The zero-order valence-corrected chi connectivity index (χ0v) is 12.7. The maximum absolute atomic E-state index is 12.0. The second kappa shape index (κ2) is 5.55. The number of nitrogens with one attached hydrogen (secondary N) is 1. The Bertz CT molecular complexity index is 842. The lowest BCUT2D eigenvalue weighted by Gasteiger charge is -2.04. The average molecular weight is 350 g/mol. The highest BCUT2D eigenvalue weighted by molar-refractivity contribution is 7.93. The van der Waals surface area contributed by atoms with Crippen LogP contribution in [-0.2, 0) is 25.9 Å². The average Bonchev–Trinajstić information content (AvgIpc) is 2.73. The van der Waals surface area contributed by atoms with Gasteiger partial charge in [-0.15, -0.1) is 10.2 Å². The van der Waals surface area contributed by atoms with Gasteiger partial charge in [0.25, 0.3) is 20.1 Å². The van der Waals surface area contributed by atoms with Crippen LogP contribution >= 0.6 is 11.3 Å². The highest BCUT2D eigenvalue weighted by Crippen LogP contribution is 2.21. The minimum Gasteiger partial charge on any atom is -0.399 e. The molecule has 12 heteroatoms. The fourth-order valence-corrected chi connectivity index (χ4v) is 4.15. The van der Waals surface area contributed by atoms with Crippen molar-refractivity contribution in [1.29, 1.82) is 0 Å². The normalized spacial score (nSPS) is 12.2. The molecule has 2 aromatic rings. The maximum atomic E-state index is 12.0. The predicted molar refractivity (Wildman–Crippen MR) is 76.8 cm³/mol. The highest BCUT2D eigenvalue weighted by atomic mass is 32.2. The van der Waals surface area contributed by atoms with Crippen LogP contribution < -0.4 is 10.5 Å². The number of anilines is 2. The van der Waals surface area contributed by atoms with Gasteiger partial charge in [0, 0.05) is 5.69 Å². The van der Waals surface area contributed by atoms with Crippen LogP contribution in [-0.4, -0.2) is 31.6 Å². The second-order valence-corrected chi connectivity index (χ2v) is 8.10. The van der Waals surface area contributed by atoms with Crippen LogP contribution in [0.1, 0.15) is 5.01 Å². The van der Waals surface area contributed by atoms with Crippen LogP contribution in [0.2, 0.25) is 0 Å². The van der Waals surface area contributed by atoms with Crippen molar-refractivity contribution in [3.05, 3.63) is 29.3 Å². The van der Waals surface area contributed by atoms with E-state index in [-0.39, 0.29) is 15.0 Å². The van der Waals surface area contributed by atoms with E-state index in [0.717, 1.165) is 0 Å². The first-order chi connectivity index (χ1) is 9.66. The van der Waals surface area contributed by atoms with Gasteiger partial charge in [0.15, 0.2) is 0 Å². The number of nitrogens with two attached hydrogens (primary N) is 1. The van der Waals surface area contributed by atoms with Crippen molar-refractivity contribution in [2.75, 3.05) is 10.5 Å². The number of aromatic nitrogens is 2. The van der Waals surface area contributed by atoms with Crippen molar-refractivity contribution < 1.29 is 21.4 Å². The zero-order valence-electron chi connectivity index (χ0n) is 10.3. The molecule has 1 aromatic heterocycles. The molecular weight excluding hydrogens is 340 g/mol. The molecule has 21 heavy (non-hydrogen) atoms. The van der Waals surface area contributed by atoms with E-state index in [1.807, 2.05) is 0 Å². The Morgan fingerprint density at radius 3 is 2.33 bits per heavy atom. The summed E-state index contributed by atoms with van der Waals surface area (Å²) < 4.78 is 56.3. The van der Waals surface area contributed by atoms with Gasteiger partial charge < -0.3 is 5.73 Å². The molecule has 0 aliphatic carbocycles. The molecular formula is C9H10N4O5S3. The van der Waals surface area contributed by atoms with Gasteiger partial charge in [0.05, 0.1) is 4.90 Å². The Morgan fingerprint density at radius 1 is 1.14 bits per heavy atom. The molecule has 4 N–H and O–H groups in total. The number of benzene rings is 1. The molecule has 0 saturated heterocycles. The van der Waals surface area contributed by atoms with Crippen molar-refractivity contribution in [1.82, 2.24) is 10.2 Å². The van der Waals surface area contributed by atoms with Gasteiger partial charge in [-0.2, -0.15) is 8.42 Å². The quantitative estimate of drug-likeness (QED) is 0.514. The molecule has 9 nitrogen and oxygen atoms in total. The van der Waals surface area contributed by atoms with E-state index in [9.17, 15) is 16.8 Å². The minimum absolute atomic E-state index is 0.0248. The summed E-state index contributed by atoms with van der Waals surface area (Å²) in [6.45, 7) is 0. The van der Waals surface area contributed by atoms with E-state index in [4.69, 9.17) is 10.3 Å². The predicted octanol–water partition coefficient (Wildman–Crippen LogP) is 0.309. The third-order valence-electron chi connectivity index (χ3n) is 2.18. The van der Waals surface area contributed by atoms with Gasteiger partial charge in [0.1, 0.15) is 10.8 Å². The standard InChI is InChI=1S/C9H10N4O5S3/c10-6-1-3-7(4-2-6)21(17,18)13-9-12-11-8(19-9)5-20(14,15)16/h1-4H,5,10H2,(H,12,13)(H,14,15,16). The third kappa shape index (κ3) is 4.35. The molecule has 0 spiro atoms. The van der Waals surface area contributed by atoms with E-state index < -0.39 is 25.9 Å². The van der Waals surface area contributed by atoms with Crippen molar-refractivity contribution in [3.63, 3.8) is 0 Å². The number of hydrogen-bond acceptors (Lipinski definition) is 8. The molecule has 1 aromatic carbocycles. The Hall–Kier alpha value is -1.76. The van der Waals surface area contributed by atoms with Gasteiger partial charge in [-0.25, -0.2) is 8.42 Å². The molecule has 1 heterocycles. The SMILES string of the molecule is Nc1ccc(S(=O)(=O)Nc2nnc(CS(=O)(=O)O)s2)cc1. The summed E-state index contributed by atoms with van der Waals surface area (Å²) in [7, 11) is -8.12. The number of sulfonamides is 1. The summed E-state index contributed by atoms with van der Waals surface area (Å²) in [6, 6.07) is 5.49. The van der Waals surface area contributed by atoms with Crippen LogP contribution in [0.3, 0.4) is 0 Å². The lowest BCUT2D eigenvalue weighted by Crippen LogP contribution is -2.12. The molecule has 0 atom stereocenters. The van der Waals surface area contributed by atoms with E-state index >= 15 is 0 Å². The van der Waals surface area contributed by atoms with Crippen LogP contribution in [0.25, 0.3) is 0 Å². The van der Waals surface area contributed by atoms with Gasteiger partial charge >= 0.3 is 0 Å².